The normalized spacial score (nSPS) is 11.2. The van der Waals surface area contributed by atoms with E-state index in [-0.39, 0.29) is 0 Å². The van der Waals surface area contributed by atoms with Gasteiger partial charge in [0, 0.05) is 6.21 Å². The van der Waals surface area contributed by atoms with Gasteiger partial charge in [0.15, 0.2) is 0 Å². The molecular weight excluding hydrogens is 230 g/mol. The quantitative estimate of drug-likeness (QED) is 0.569. The Morgan fingerprint density at radius 3 is 2.37 bits per heavy atom. The molecule has 3 rings (SSSR count). The first-order valence-corrected chi connectivity index (χ1v) is 6.41. The van der Waals surface area contributed by atoms with E-state index in [1.54, 1.807) is 0 Å². The lowest BCUT2D eigenvalue weighted by Gasteiger charge is -2.00. The molecule has 1 nitrogen and oxygen atoms in total. The fourth-order valence-corrected chi connectivity index (χ4v) is 2.14. The average Bonchev–Trinajstić information content (AvgIpc) is 2.46. The second-order valence-corrected chi connectivity index (χ2v) is 4.65. The summed E-state index contributed by atoms with van der Waals surface area (Å²) in [6.45, 7) is 2.08. The van der Waals surface area contributed by atoms with Gasteiger partial charge in [-0.3, -0.25) is 4.99 Å². The lowest BCUT2D eigenvalue weighted by molar-refractivity contribution is 1.40. The highest BCUT2D eigenvalue weighted by Gasteiger charge is 1.95. The van der Waals surface area contributed by atoms with Crippen molar-refractivity contribution in [2.75, 3.05) is 0 Å². The molecule has 92 valence electrons. The van der Waals surface area contributed by atoms with Crippen LogP contribution in [0.15, 0.2) is 71.7 Å². The number of hydrogen-bond donors (Lipinski definition) is 0. The van der Waals surface area contributed by atoms with Crippen LogP contribution in [0.25, 0.3) is 10.8 Å². The summed E-state index contributed by atoms with van der Waals surface area (Å²) in [5.74, 6) is 0. The fraction of sp³-hybridized carbons (Fsp3) is 0.0556. The van der Waals surface area contributed by atoms with E-state index in [0.29, 0.717) is 0 Å². The van der Waals surface area contributed by atoms with Crippen LogP contribution in [-0.2, 0) is 0 Å². The predicted molar refractivity (Wildman–Crippen MR) is 82.4 cm³/mol. The van der Waals surface area contributed by atoms with E-state index in [2.05, 4.69) is 60.4 Å². The Labute approximate surface area is 113 Å². The van der Waals surface area contributed by atoms with Gasteiger partial charge in [-0.1, -0.05) is 54.6 Å². The van der Waals surface area contributed by atoms with E-state index < -0.39 is 0 Å². The number of aryl methyl sites for hydroxylation is 1. The first-order valence-electron chi connectivity index (χ1n) is 6.41. The number of rotatable bonds is 2. The molecule has 3 aromatic rings. The zero-order valence-electron chi connectivity index (χ0n) is 10.9. The van der Waals surface area contributed by atoms with Crippen molar-refractivity contribution in [1.29, 1.82) is 0 Å². The van der Waals surface area contributed by atoms with Gasteiger partial charge < -0.3 is 0 Å². The Kier molecular flexibility index (Phi) is 3.11. The molecule has 0 saturated carbocycles. The molecule has 0 radical (unpaired) electrons. The van der Waals surface area contributed by atoms with Gasteiger partial charge in [0.2, 0.25) is 0 Å². The van der Waals surface area contributed by atoms with Crippen molar-refractivity contribution in [3.8, 4) is 0 Å². The summed E-state index contributed by atoms with van der Waals surface area (Å²) in [6, 6.07) is 22.9. The van der Waals surface area contributed by atoms with Crippen LogP contribution < -0.4 is 0 Å². The summed E-state index contributed by atoms with van der Waals surface area (Å²) in [5.41, 5.74) is 3.34. The zero-order valence-corrected chi connectivity index (χ0v) is 10.9. The molecular formula is C18H15N. The maximum absolute atomic E-state index is 4.56. The second-order valence-electron chi connectivity index (χ2n) is 4.65. The fourth-order valence-electron chi connectivity index (χ4n) is 2.14. The van der Waals surface area contributed by atoms with Gasteiger partial charge in [-0.05, 0) is 41.0 Å². The third kappa shape index (κ3) is 2.55. The third-order valence-corrected chi connectivity index (χ3v) is 3.24. The van der Waals surface area contributed by atoms with Crippen LogP contribution in [0.1, 0.15) is 11.1 Å². The van der Waals surface area contributed by atoms with Gasteiger partial charge in [0.1, 0.15) is 0 Å². The maximum Gasteiger partial charge on any atom is 0.0659 e. The molecule has 0 aromatic heterocycles. The summed E-state index contributed by atoms with van der Waals surface area (Å²) in [4.78, 5) is 4.56. The van der Waals surface area contributed by atoms with Crippen molar-refractivity contribution in [2.45, 2.75) is 6.92 Å². The molecule has 0 atom stereocenters. The molecule has 3 aromatic carbocycles. The monoisotopic (exact) mass is 245 g/mol. The molecule has 0 heterocycles. The molecule has 1 heteroatoms. The molecule has 0 aliphatic rings. The molecule has 0 aliphatic carbocycles. The minimum atomic E-state index is 1.02. The number of para-hydroxylation sites is 1. The number of hydrogen-bond acceptors (Lipinski definition) is 1. The largest absolute Gasteiger partial charge is 0.256 e. The van der Waals surface area contributed by atoms with E-state index in [0.717, 1.165) is 11.3 Å². The van der Waals surface area contributed by atoms with Gasteiger partial charge in [0.25, 0.3) is 0 Å². The van der Waals surface area contributed by atoms with E-state index in [9.17, 15) is 0 Å². The molecule has 0 saturated heterocycles. The summed E-state index contributed by atoms with van der Waals surface area (Å²) in [5, 5.41) is 2.51. The molecule has 0 spiro atoms. The number of nitrogens with zero attached hydrogens (tertiary/aromatic N) is 1. The van der Waals surface area contributed by atoms with Crippen molar-refractivity contribution in [3.63, 3.8) is 0 Å². The van der Waals surface area contributed by atoms with Crippen LogP contribution in [-0.4, -0.2) is 6.21 Å². The smallest absolute Gasteiger partial charge is 0.0659 e. The topological polar surface area (TPSA) is 12.4 Å². The standard InChI is InChI=1S/C18H15N/c1-14-6-2-5-9-18(14)19-13-15-10-11-16-7-3-4-8-17(16)12-15/h2-13H,1H3/b19-13+. The Morgan fingerprint density at radius 1 is 0.789 bits per heavy atom. The molecule has 19 heavy (non-hydrogen) atoms. The van der Waals surface area contributed by atoms with Crippen molar-refractivity contribution in [2.24, 2.45) is 4.99 Å². The van der Waals surface area contributed by atoms with Crippen molar-refractivity contribution >= 4 is 22.7 Å². The third-order valence-electron chi connectivity index (χ3n) is 3.24. The lowest BCUT2D eigenvalue weighted by Crippen LogP contribution is -1.82. The van der Waals surface area contributed by atoms with Crippen LogP contribution in [0.5, 0.6) is 0 Å². The highest BCUT2D eigenvalue weighted by molar-refractivity contribution is 5.91. The van der Waals surface area contributed by atoms with Gasteiger partial charge in [0.05, 0.1) is 5.69 Å². The van der Waals surface area contributed by atoms with E-state index in [1.165, 1.54) is 16.3 Å². The van der Waals surface area contributed by atoms with Gasteiger partial charge in [-0.15, -0.1) is 0 Å². The van der Waals surface area contributed by atoms with Gasteiger partial charge in [-0.2, -0.15) is 0 Å². The van der Waals surface area contributed by atoms with E-state index in [1.807, 2.05) is 24.4 Å². The van der Waals surface area contributed by atoms with Crippen molar-refractivity contribution in [1.82, 2.24) is 0 Å². The summed E-state index contributed by atoms with van der Waals surface area (Å²) >= 11 is 0. The van der Waals surface area contributed by atoms with E-state index in [4.69, 9.17) is 0 Å². The lowest BCUT2D eigenvalue weighted by atomic mass is 10.1. The second kappa shape index (κ2) is 5.07. The summed E-state index contributed by atoms with van der Waals surface area (Å²) in [6.07, 6.45) is 1.93. The minimum absolute atomic E-state index is 1.02. The van der Waals surface area contributed by atoms with Crippen LogP contribution in [0.3, 0.4) is 0 Å². The average molecular weight is 245 g/mol. The first-order chi connectivity index (χ1) is 9.33. The van der Waals surface area contributed by atoms with Crippen LogP contribution in [0.2, 0.25) is 0 Å². The van der Waals surface area contributed by atoms with Gasteiger partial charge >= 0.3 is 0 Å². The first kappa shape index (κ1) is 11.7. The zero-order chi connectivity index (χ0) is 13.1. The summed E-state index contributed by atoms with van der Waals surface area (Å²) < 4.78 is 0. The molecule has 0 unspecified atom stereocenters. The van der Waals surface area contributed by atoms with E-state index >= 15 is 0 Å². The van der Waals surface area contributed by atoms with Crippen molar-refractivity contribution in [3.05, 3.63) is 77.9 Å². The molecule has 0 N–H and O–H groups in total. The summed E-state index contributed by atoms with van der Waals surface area (Å²) in [7, 11) is 0. The highest BCUT2D eigenvalue weighted by Crippen LogP contribution is 2.18. The highest BCUT2D eigenvalue weighted by atomic mass is 14.7. The number of benzene rings is 3. The Balaban J connectivity index is 1.95. The predicted octanol–water partition coefficient (Wildman–Crippen LogP) is 4.90. The minimum Gasteiger partial charge on any atom is -0.256 e. The van der Waals surface area contributed by atoms with Crippen molar-refractivity contribution < 1.29 is 0 Å². The van der Waals surface area contributed by atoms with Crippen LogP contribution >= 0.6 is 0 Å². The Morgan fingerprint density at radius 2 is 1.53 bits per heavy atom. The Bertz CT molecular complexity index is 741. The molecule has 0 fully saturated rings. The molecule has 0 amide bonds. The number of aliphatic imine (C=N–C) groups is 1. The Hall–Kier alpha value is -2.41. The molecule has 0 bridgehead atoms. The SMILES string of the molecule is Cc1ccccc1/N=C/c1ccc2ccccc2c1. The molecule has 0 aliphatic heterocycles. The maximum atomic E-state index is 4.56. The number of fused-ring (bicyclic) bond motifs is 1. The van der Waals surface area contributed by atoms with Gasteiger partial charge in [-0.25, -0.2) is 0 Å². The van der Waals surface area contributed by atoms with Crippen LogP contribution in [0, 0.1) is 6.92 Å². The van der Waals surface area contributed by atoms with Crippen LogP contribution in [0.4, 0.5) is 5.69 Å².